The molecule has 0 aromatic heterocycles. The molecule has 2 aliphatic heterocycles. The SMILES string of the molecule is CN(CCC1CCCCN1C)C(=O)[C@H]1CNCCO1.Cl.Cl. The first kappa shape index (κ1) is 20.9. The smallest absolute Gasteiger partial charge is 0.252 e. The van der Waals surface area contributed by atoms with E-state index in [1.807, 2.05) is 11.9 Å². The number of nitrogens with zero attached hydrogens (tertiary/aromatic N) is 2. The Hall–Kier alpha value is -0.0700. The number of halogens is 2. The molecule has 126 valence electrons. The molecule has 0 bridgehead atoms. The molecule has 0 aromatic carbocycles. The van der Waals surface area contributed by atoms with Gasteiger partial charge in [-0.1, -0.05) is 6.42 Å². The Bertz CT molecular complexity index is 302. The van der Waals surface area contributed by atoms with Crippen molar-refractivity contribution in [1.82, 2.24) is 15.1 Å². The summed E-state index contributed by atoms with van der Waals surface area (Å²) < 4.78 is 5.51. The minimum absolute atomic E-state index is 0. The van der Waals surface area contributed by atoms with Crippen molar-refractivity contribution in [2.45, 2.75) is 37.8 Å². The van der Waals surface area contributed by atoms with Crippen LogP contribution in [0.1, 0.15) is 25.7 Å². The van der Waals surface area contributed by atoms with Crippen molar-refractivity contribution in [3.8, 4) is 0 Å². The van der Waals surface area contributed by atoms with Crippen LogP contribution in [0.3, 0.4) is 0 Å². The third-order valence-corrected chi connectivity index (χ3v) is 4.30. The fraction of sp³-hybridized carbons (Fsp3) is 0.929. The number of piperidine rings is 1. The topological polar surface area (TPSA) is 44.8 Å². The van der Waals surface area contributed by atoms with Crippen LogP contribution >= 0.6 is 24.8 Å². The Kier molecular flexibility index (Phi) is 10.6. The van der Waals surface area contributed by atoms with E-state index in [4.69, 9.17) is 4.74 Å². The average Bonchev–Trinajstić information content (AvgIpc) is 2.46. The predicted molar refractivity (Wildman–Crippen MR) is 89.6 cm³/mol. The molecule has 0 spiro atoms. The van der Waals surface area contributed by atoms with E-state index in [0.29, 0.717) is 19.2 Å². The Morgan fingerprint density at radius 3 is 2.76 bits per heavy atom. The van der Waals surface area contributed by atoms with E-state index < -0.39 is 0 Å². The molecule has 2 aliphatic rings. The van der Waals surface area contributed by atoms with Gasteiger partial charge in [-0.3, -0.25) is 4.79 Å². The Morgan fingerprint density at radius 1 is 1.38 bits per heavy atom. The summed E-state index contributed by atoms with van der Waals surface area (Å²) >= 11 is 0. The molecule has 2 heterocycles. The lowest BCUT2D eigenvalue weighted by Crippen LogP contribution is -2.49. The van der Waals surface area contributed by atoms with E-state index >= 15 is 0 Å². The van der Waals surface area contributed by atoms with Gasteiger partial charge in [-0.15, -0.1) is 24.8 Å². The maximum Gasteiger partial charge on any atom is 0.252 e. The van der Waals surface area contributed by atoms with Crippen LogP contribution in [0.25, 0.3) is 0 Å². The van der Waals surface area contributed by atoms with Gasteiger partial charge in [0.25, 0.3) is 5.91 Å². The van der Waals surface area contributed by atoms with Crippen molar-refractivity contribution >= 4 is 30.7 Å². The maximum atomic E-state index is 12.2. The molecule has 1 amide bonds. The second-order valence-electron chi connectivity index (χ2n) is 5.74. The summed E-state index contributed by atoms with van der Waals surface area (Å²) in [5.41, 5.74) is 0. The van der Waals surface area contributed by atoms with Gasteiger partial charge in [-0.05, 0) is 32.9 Å². The first-order valence-corrected chi connectivity index (χ1v) is 7.46. The predicted octanol–water partition coefficient (Wildman–Crippen LogP) is 1.15. The largest absolute Gasteiger partial charge is 0.366 e. The molecular weight excluding hydrogens is 313 g/mol. The van der Waals surface area contributed by atoms with Gasteiger partial charge in [-0.25, -0.2) is 0 Å². The highest BCUT2D eigenvalue weighted by molar-refractivity contribution is 5.85. The minimum Gasteiger partial charge on any atom is -0.366 e. The molecule has 1 N–H and O–H groups in total. The number of hydrogen-bond donors (Lipinski definition) is 1. The number of morpholine rings is 1. The van der Waals surface area contributed by atoms with Crippen LogP contribution in [-0.4, -0.2) is 74.7 Å². The van der Waals surface area contributed by atoms with E-state index in [9.17, 15) is 4.79 Å². The van der Waals surface area contributed by atoms with Gasteiger partial charge >= 0.3 is 0 Å². The van der Waals surface area contributed by atoms with Crippen molar-refractivity contribution in [3.05, 3.63) is 0 Å². The number of hydrogen-bond acceptors (Lipinski definition) is 4. The minimum atomic E-state index is -0.289. The normalized spacial score (nSPS) is 26.4. The Labute approximate surface area is 140 Å². The third kappa shape index (κ3) is 6.28. The Balaban J connectivity index is 0.00000200. The molecule has 2 fully saturated rings. The lowest BCUT2D eigenvalue weighted by molar-refractivity contribution is -0.144. The number of nitrogens with one attached hydrogen (secondary N) is 1. The molecule has 0 aromatic rings. The summed E-state index contributed by atoms with van der Waals surface area (Å²) in [5.74, 6) is 0.116. The zero-order chi connectivity index (χ0) is 13.7. The molecule has 7 heteroatoms. The van der Waals surface area contributed by atoms with Gasteiger partial charge in [0.15, 0.2) is 0 Å². The number of rotatable bonds is 4. The zero-order valence-corrected chi connectivity index (χ0v) is 14.7. The lowest BCUT2D eigenvalue weighted by atomic mass is 10.00. The average molecular weight is 342 g/mol. The number of carbonyl (C=O) groups excluding carboxylic acids is 1. The maximum absolute atomic E-state index is 12.2. The highest BCUT2D eigenvalue weighted by atomic mass is 35.5. The molecule has 21 heavy (non-hydrogen) atoms. The van der Waals surface area contributed by atoms with Crippen LogP contribution in [0.15, 0.2) is 0 Å². The van der Waals surface area contributed by atoms with Crippen molar-refractivity contribution in [2.75, 3.05) is 46.9 Å². The molecule has 0 radical (unpaired) electrons. The van der Waals surface area contributed by atoms with Gasteiger partial charge in [0.2, 0.25) is 0 Å². The lowest BCUT2D eigenvalue weighted by Gasteiger charge is -2.34. The molecule has 2 rings (SSSR count). The monoisotopic (exact) mass is 341 g/mol. The van der Waals surface area contributed by atoms with Gasteiger partial charge in [0.05, 0.1) is 6.61 Å². The van der Waals surface area contributed by atoms with Crippen LogP contribution in [0.5, 0.6) is 0 Å². The molecular formula is C14H29Cl2N3O2. The molecule has 1 unspecified atom stereocenters. The summed E-state index contributed by atoms with van der Waals surface area (Å²) in [6.07, 6.45) is 4.67. The van der Waals surface area contributed by atoms with E-state index in [0.717, 1.165) is 19.5 Å². The highest BCUT2D eigenvalue weighted by Crippen LogP contribution is 2.18. The number of amides is 1. The van der Waals surface area contributed by atoms with Gasteiger partial charge in [-0.2, -0.15) is 0 Å². The summed E-state index contributed by atoms with van der Waals surface area (Å²) in [6, 6.07) is 0.634. The number of ether oxygens (including phenoxy) is 1. The van der Waals surface area contributed by atoms with Gasteiger partial charge in [0, 0.05) is 32.7 Å². The van der Waals surface area contributed by atoms with Crippen molar-refractivity contribution in [1.29, 1.82) is 0 Å². The second-order valence-corrected chi connectivity index (χ2v) is 5.74. The third-order valence-electron chi connectivity index (χ3n) is 4.30. The van der Waals surface area contributed by atoms with Crippen LogP contribution in [-0.2, 0) is 9.53 Å². The van der Waals surface area contributed by atoms with Crippen LogP contribution < -0.4 is 5.32 Å². The first-order valence-electron chi connectivity index (χ1n) is 7.46. The van der Waals surface area contributed by atoms with Crippen molar-refractivity contribution < 1.29 is 9.53 Å². The number of carbonyl (C=O) groups is 1. The molecule has 0 aliphatic carbocycles. The Morgan fingerprint density at radius 2 is 2.14 bits per heavy atom. The van der Waals surface area contributed by atoms with Crippen molar-refractivity contribution in [3.63, 3.8) is 0 Å². The van der Waals surface area contributed by atoms with Crippen LogP contribution in [0, 0.1) is 0 Å². The summed E-state index contributed by atoms with van der Waals surface area (Å²) in [5, 5.41) is 3.20. The quantitative estimate of drug-likeness (QED) is 0.833. The first-order chi connectivity index (χ1) is 9.18. The van der Waals surface area contributed by atoms with Crippen LogP contribution in [0.2, 0.25) is 0 Å². The van der Waals surface area contributed by atoms with Crippen molar-refractivity contribution in [2.24, 2.45) is 0 Å². The summed E-state index contributed by atoms with van der Waals surface area (Å²) in [7, 11) is 4.09. The van der Waals surface area contributed by atoms with E-state index in [1.165, 1.54) is 25.8 Å². The van der Waals surface area contributed by atoms with E-state index in [1.54, 1.807) is 0 Å². The highest BCUT2D eigenvalue weighted by Gasteiger charge is 2.26. The molecule has 0 saturated carbocycles. The fourth-order valence-electron chi connectivity index (χ4n) is 2.93. The second kappa shape index (κ2) is 10.6. The van der Waals surface area contributed by atoms with Gasteiger partial charge < -0.3 is 19.9 Å². The number of likely N-dealkylation sites (tertiary alicyclic amines) is 1. The molecule has 5 nitrogen and oxygen atoms in total. The molecule has 2 saturated heterocycles. The van der Waals surface area contributed by atoms with Crippen LogP contribution in [0.4, 0.5) is 0 Å². The number of likely N-dealkylation sites (N-methyl/N-ethyl adjacent to an activating group) is 1. The van der Waals surface area contributed by atoms with Gasteiger partial charge in [0.1, 0.15) is 6.10 Å². The summed E-state index contributed by atoms with van der Waals surface area (Å²) in [4.78, 5) is 16.5. The van der Waals surface area contributed by atoms with E-state index in [2.05, 4.69) is 17.3 Å². The zero-order valence-electron chi connectivity index (χ0n) is 13.0. The summed E-state index contributed by atoms with van der Waals surface area (Å²) in [6.45, 7) is 4.15. The standard InChI is InChI=1S/C14H27N3O2.2ClH/c1-16-8-4-3-5-12(16)6-9-17(2)14(18)13-11-15-7-10-19-13;;/h12-13,15H,3-11H2,1-2H3;2*1H/t12?,13-;;/m1../s1. The fourth-order valence-corrected chi connectivity index (χ4v) is 2.93. The van der Waals surface area contributed by atoms with E-state index in [-0.39, 0.29) is 36.8 Å². The molecule has 2 atom stereocenters.